The van der Waals surface area contributed by atoms with E-state index < -0.39 is 6.04 Å². The smallest absolute Gasteiger partial charge is 0.128 e. The molecular formula is C14H12BrClFN. The van der Waals surface area contributed by atoms with Crippen molar-refractivity contribution in [1.29, 1.82) is 0 Å². The molecular weight excluding hydrogens is 317 g/mol. The van der Waals surface area contributed by atoms with Gasteiger partial charge in [-0.15, -0.1) is 0 Å². The Hall–Kier alpha value is -0.900. The first-order valence-corrected chi connectivity index (χ1v) is 6.68. The highest BCUT2D eigenvalue weighted by atomic mass is 79.9. The fourth-order valence-corrected chi connectivity index (χ4v) is 2.23. The van der Waals surface area contributed by atoms with Crippen LogP contribution in [0.4, 0.5) is 4.39 Å². The Labute approximate surface area is 119 Å². The van der Waals surface area contributed by atoms with E-state index in [0.717, 1.165) is 10.0 Å². The van der Waals surface area contributed by atoms with Gasteiger partial charge in [0.05, 0.1) is 0 Å². The van der Waals surface area contributed by atoms with E-state index in [4.69, 9.17) is 17.3 Å². The van der Waals surface area contributed by atoms with Gasteiger partial charge in [0.15, 0.2) is 0 Å². The second-order valence-electron chi connectivity index (χ2n) is 4.10. The van der Waals surface area contributed by atoms with Crippen LogP contribution in [-0.2, 0) is 6.42 Å². The fraction of sp³-hybridized carbons (Fsp3) is 0.143. The van der Waals surface area contributed by atoms with Crippen LogP contribution in [-0.4, -0.2) is 0 Å². The summed E-state index contributed by atoms with van der Waals surface area (Å²) in [7, 11) is 0. The Bertz CT molecular complexity index is 542. The van der Waals surface area contributed by atoms with Crippen molar-refractivity contribution in [3.05, 3.63) is 68.9 Å². The van der Waals surface area contributed by atoms with Crippen LogP contribution in [0.1, 0.15) is 17.2 Å². The average molecular weight is 329 g/mol. The molecule has 0 spiro atoms. The van der Waals surface area contributed by atoms with Gasteiger partial charge in [0.25, 0.3) is 0 Å². The van der Waals surface area contributed by atoms with Crippen LogP contribution < -0.4 is 5.73 Å². The minimum Gasteiger partial charge on any atom is -0.324 e. The molecule has 4 heteroatoms. The van der Waals surface area contributed by atoms with E-state index in [2.05, 4.69) is 15.9 Å². The third-order valence-corrected chi connectivity index (χ3v) is 3.49. The van der Waals surface area contributed by atoms with Crippen LogP contribution in [0.3, 0.4) is 0 Å². The molecule has 0 radical (unpaired) electrons. The predicted molar refractivity (Wildman–Crippen MR) is 76.2 cm³/mol. The Morgan fingerprint density at radius 2 is 1.83 bits per heavy atom. The van der Waals surface area contributed by atoms with E-state index in [1.807, 2.05) is 24.3 Å². The van der Waals surface area contributed by atoms with Gasteiger partial charge in [0.1, 0.15) is 5.82 Å². The summed E-state index contributed by atoms with van der Waals surface area (Å²) in [6, 6.07) is 11.9. The molecule has 0 saturated heterocycles. The molecule has 0 saturated carbocycles. The maximum Gasteiger partial charge on any atom is 0.128 e. The third kappa shape index (κ3) is 3.31. The minimum atomic E-state index is -0.398. The van der Waals surface area contributed by atoms with Gasteiger partial charge in [0, 0.05) is 21.1 Å². The number of benzene rings is 2. The molecule has 1 atom stereocenters. The number of hydrogen-bond donors (Lipinski definition) is 1. The lowest BCUT2D eigenvalue weighted by Gasteiger charge is -2.13. The number of rotatable bonds is 3. The summed E-state index contributed by atoms with van der Waals surface area (Å²) >= 11 is 9.23. The molecule has 0 aliphatic carbocycles. The SMILES string of the molecule is NC(Cc1ccc(Br)cc1)c1cc(Cl)ccc1F. The second kappa shape index (κ2) is 5.83. The first kappa shape index (κ1) is 13.5. The van der Waals surface area contributed by atoms with E-state index in [-0.39, 0.29) is 5.82 Å². The highest BCUT2D eigenvalue weighted by molar-refractivity contribution is 9.10. The monoisotopic (exact) mass is 327 g/mol. The zero-order chi connectivity index (χ0) is 13.1. The van der Waals surface area contributed by atoms with Crippen molar-refractivity contribution >= 4 is 27.5 Å². The van der Waals surface area contributed by atoms with Gasteiger partial charge in [-0.3, -0.25) is 0 Å². The zero-order valence-corrected chi connectivity index (χ0v) is 11.9. The summed E-state index contributed by atoms with van der Waals surface area (Å²) in [5.41, 5.74) is 7.53. The average Bonchev–Trinajstić information content (AvgIpc) is 2.35. The van der Waals surface area contributed by atoms with Crippen molar-refractivity contribution in [3.63, 3.8) is 0 Å². The van der Waals surface area contributed by atoms with Gasteiger partial charge in [-0.2, -0.15) is 0 Å². The Morgan fingerprint density at radius 3 is 2.50 bits per heavy atom. The minimum absolute atomic E-state index is 0.316. The Morgan fingerprint density at radius 1 is 1.17 bits per heavy atom. The molecule has 2 rings (SSSR count). The summed E-state index contributed by atoms with van der Waals surface area (Å²) in [5, 5.41) is 0.498. The molecule has 0 bridgehead atoms. The van der Waals surface area contributed by atoms with Gasteiger partial charge in [-0.25, -0.2) is 4.39 Å². The maximum absolute atomic E-state index is 13.6. The number of halogens is 3. The third-order valence-electron chi connectivity index (χ3n) is 2.73. The van der Waals surface area contributed by atoms with Crippen molar-refractivity contribution in [2.45, 2.75) is 12.5 Å². The van der Waals surface area contributed by atoms with E-state index in [0.29, 0.717) is 17.0 Å². The number of nitrogens with two attached hydrogens (primary N) is 1. The molecule has 0 aliphatic rings. The van der Waals surface area contributed by atoms with E-state index >= 15 is 0 Å². The maximum atomic E-state index is 13.6. The molecule has 0 aromatic heterocycles. The van der Waals surface area contributed by atoms with Crippen molar-refractivity contribution in [2.75, 3.05) is 0 Å². The van der Waals surface area contributed by atoms with Gasteiger partial charge < -0.3 is 5.73 Å². The van der Waals surface area contributed by atoms with Crippen LogP contribution >= 0.6 is 27.5 Å². The highest BCUT2D eigenvalue weighted by Crippen LogP contribution is 2.23. The zero-order valence-electron chi connectivity index (χ0n) is 9.54. The molecule has 0 amide bonds. The van der Waals surface area contributed by atoms with Gasteiger partial charge in [-0.05, 0) is 42.3 Å². The van der Waals surface area contributed by atoms with Crippen LogP contribution in [0, 0.1) is 5.82 Å². The van der Waals surface area contributed by atoms with Crippen LogP contribution in [0.15, 0.2) is 46.9 Å². The Balaban J connectivity index is 2.18. The van der Waals surface area contributed by atoms with Crippen LogP contribution in [0.5, 0.6) is 0 Å². The first-order valence-electron chi connectivity index (χ1n) is 5.51. The topological polar surface area (TPSA) is 26.0 Å². The molecule has 18 heavy (non-hydrogen) atoms. The van der Waals surface area contributed by atoms with Gasteiger partial charge >= 0.3 is 0 Å². The van der Waals surface area contributed by atoms with Crippen LogP contribution in [0.25, 0.3) is 0 Å². The van der Waals surface area contributed by atoms with Crippen molar-refractivity contribution in [3.8, 4) is 0 Å². The standard InChI is InChI=1S/C14H12BrClFN/c15-10-3-1-9(2-4-10)7-14(18)12-8-11(16)5-6-13(12)17/h1-6,8,14H,7,18H2. The predicted octanol–water partition coefficient (Wildman–Crippen LogP) is 4.48. The summed E-state index contributed by atoms with van der Waals surface area (Å²) in [5.74, 6) is -0.316. The number of hydrogen-bond acceptors (Lipinski definition) is 1. The van der Waals surface area contributed by atoms with Crippen molar-refractivity contribution in [1.82, 2.24) is 0 Å². The molecule has 94 valence electrons. The van der Waals surface area contributed by atoms with Crippen LogP contribution in [0.2, 0.25) is 5.02 Å². The van der Waals surface area contributed by atoms with Crippen molar-refractivity contribution < 1.29 is 4.39 Å². The molecule has 1 unspecified atom stereocenters. The molecule has 2 N–H and O–H groups in total. The van der Waals surface area contributed by atoms with Gasteiger partial charge in [-0.1, -0.05) is 39.7 Å². The molecule has 0 aliphatic heterocycles. The molecule has 2 aromatic carbocycles. The second-order valence-corrected chi connectivity index (χ2v) is 5.46. The molecule has 2 aromatic rings. The molecule has 0 heterocycles. The lowest BCUT2D eigenvalue weighted by atomic mass is 9.99. The normalized spacial score (nSPS) is 12.4. The summed E-state index contributed by atoms with van der Waals surface area (Å²) in [4.78, 5) is 0. The summed E-state index contributed by atoms with van der Waals surface area (Å²) in [6.45, 7) is 0. The molecule has 0 fully saturated rings. The largest absolute Gasteiger partial charge is 0.324 e. The van der Waals surface area contributed by atoms with E-state index in [9.17, 15) is 4.39 Å². The van der Waals surface area contributed by atoms with Crippen molar-refractivity contribution in [2.24, 2.45) is 5.73 Å². The van der Waals surface area contributed by atoms with E-state index in [1.54, 1.807) is 6.07 Å². The van der Waals surface area contributed by atoms with E-state index in [1.165, 1.54) is 12.1 Å². The Kier molecular flexibility index (Phi) is 4.38. The van der Waals surface area contributed by atoms with Gasteiger partial charge in [0.2, 0.25) is 0 Å². The molecule has 1 nitrogen and oxygen atoms in total. The summed E-state index contributed by atoms with van der Waals surface area (Å²) < 4.78 is 14.6. The quantitative estimate of drug-likeness (QED) is 0.883. The lowest BCUT2D eigenvalue weighted by Crippen LogP contribution is -2.15. The first-order chi connectivity index (χ1) is 8.56. The summed E-state index contributed by atoms with van der Waals surface area (Å²) in [6.07, 6.45) is 0.574. The fourth-order valence-electron chi connectivity index (χ4n) is 1.78. The highest BCUT2D eigenvalue weighted by Gasteiger charge is 2.12. The lowest BCUT2D eigenvalue weighted by molar-refractivity contribution is 0.580.